The molecule has 2 N–H and O–H groups in total. The van der Waals surface area contributed by atoms with Gasteiger partial charge < -0.3 is 10.4 Å². The Balaban J connectivity index is 1.91. The van der Waals surface area contributed by atoms with Crippen LogP contribution in [0.1, 0.15) is 32.1 Å². The summed E-state index contributed by atoms with van der Waals surface area (Å²) in [5.41, 5.74) is 0.833. The summed E-state index contributed by atoms with van der Waals surface area (Å²) in [7, 11) is 0. The van der Waals surface area contributed by atoms with Crippen LogP contribution in [0.25, 0.3) is 0 Å². The highest BCUT2D eigenvalue weighted by atomic mass is 127. The van der Waals surface area contributed by atoms with Gasteiger partial charge in [-0.3, -0.25) is 9.69 Å². The lowest BCUT2D eigenvalue weighted by atomic mass is 9.94. The Morgan fingerprint density at radius 2 is 2.10 bits per heavy atom. The van der Waals surface area contributed by atoms with Gasteiger partial charge in [-0.15, -0.1) is 0 Å². The maximum Gasteiger partial charge on any atom is 0.238 e. The smallest absolute Gasteiger partial charge is 0.238 e. The maximum absolute atomic E-state index is 12.2. The first-order chi connectivity index (χ1) is 10.2. The number of hydrogen-bond acceptors (Lipinski definition) is 3. The zero-order valence-electron chi connectivity index (χ0n) is 12.2. The number of amides is 1. The van der Waals surface area contributed by atoms with Crippen molar-refractivity contribution in [3.63, 3.8) is 0 Å². The number of halogens is 1. The summed E-state index contributed by atoms with van der Waals surface area (Å²) < 4.78 is 1.10. The molecule has 1 aliphatic rings. The third kappa shape index (κ3) is 5.56. The summed E-state index contributed by atoms with van der Waals surface area (Å²) in [6.45, 7) is 1.04. The number of benzene rings is 1. The van der Waals surface area contributed by atoms with Gasteiger partial charge in [0.15, 0.2) is 0 Å². The minimum Gasteiger partial charge on any atom is -0.395 e. The summed E-state index contributed by atoms with van der Waals surface area (Å²) in [4.78, 5) is 14.3. The number of carbonyl (C=O) groups is 1. The lowest BCUT2D eigenvalue weighted by molar-refractivity contribution is -0.118. The molecule has 2 rings (SSSR count). The van der Waals surface area contributed by atoms with Gasteiger partial charge in [-0.25, -0.2) is 0 Å². The first-order valence-corrected chi connectivity index (χ1v) is 8.67. The minimum atomic E-state index is -0.00368. The van der Waals surface area contributed by atoms with Crippen LogP contribution >= 0.6 is 22.6 Å². The van der Waals surface area contributed by atoms with Crippen molar-refractivity contribution in [2.75, 3.05) is 25.0 Å². The Labute approximate surface area is 140 Å². The summed E-state index contributed by atoms with van der Waals surface area (Å²) in [5.74, 6) is -0.00368. The third-order valence-corrected chi connectivity index (χ3v) is 4.60. The second-order valence-electron chi connectivity index (χ2n) is 5.54. The molecule has 21 heavy (non-hydrogen) atoms. The molecular formula is C16H23IN2O2. The number of carbonyl (C=O) groups excluding carboxylic acids is 1. The number of nitrogens with zero attached hydrogens (tertiary/aromatic N) is 1. The molecule has 1 aromatic rings. The first kappa shape index (κ1) is 16.7. The van der Waals surface area contributed by atoms with E-state index in [4.69, 9.17) is 0 Å². The highest BCUT2D eigenvalue weighted by molar-refractivity contribution is 14.1. The molecule has 0 saturated heterocycles. The predicted molar refractivity (Wildman–Crippen MR) is 93.3 cm³/mol. The van der Waals surface area contributed by atoms with Gasteiger partial charge in [-0.1, -0.05) is 25.3 Å². The molecule has 1 aliphatic carbocycles. The molecule has 0 spiro atoms. The highest BCUT2D eigenvalue weighted by Crippen LogP contribution is 2.22. The second-order valence-corrected chi connectivity index (χ2v) is 6.79. The average molecular weight is 402 g/mol. The number of anilines is 1. The van der Waals surface area contributed by atoms with Gasteiger partial charge in [0.1, 0.15) is 0 Å². The number of rotatable bonds is 6. The quantitative estimate of drug-likeness (QED) is 0.720. The fourth-order valence-electron chi connectivity index (χ4n) is 2.92. The zero-order valence-corrected chi connectivity index (χ0v) is 14.4. The molecule has 0 bridgehead atoms. The Hall–Kier alpha value is -0.660. The molecule has 0 radical (unpaired) electrons. The van der Waals surface area contributed by atoms with Gasteiger partial charge in [0.05, 0.1) is 13.2 Å². The minimum absolute atomic E-state index is 0.00368. The van der Waals surface area contributed by atoms with E-state index in [2.05, 4.69) is 32.8 Å². The van der Waals surface area contributed by atoms with E-state index in [-0.39, 0.29) is 12.5 Å². The largest absolute Gasteiger partial charge is 0.395 e. The highest BCUT2D eigenvalue weighted by Gasteiger charge is 2.22. The van der Waals surface area contributed by atoms with E-state index in [9.17, 15) is 9.90 Å². The third-order valence-electron chi connectivity index (χ3n) is 3.93. The molecule has 0 aliphatic heterocycles. The van der Waals surface area contributed by atoms with E-state index in [1.54, 1.807) is 0 Å². The molecule has 0 atom stereocenters. The molecule has 0 heterocycles. The van der Waals surface area contributed by atoms with Crippen LogP contribution < -0.4 is 5.32 Å². The summed E-state index contributed by atoms with van der Waals surface area (Å²) in [5, 5.41) is 12.2. The predicted octanol–water partition coefficient (Wildman–Crippen LogP) is 2.86. The van der Waals surface area contributed by atoms with Crippen LogP contribution in [0.3, 0.4) is 0 Å². The topological polar surface area (TPSA) is 52.6 Å². The van der Waals surface area contributed by atoms with Gasteiger partial charge in [0, 0.05) is 21.8 Å². The summed E-state index contributed by atoms with van der Waals surface area (Å²) in [6.07, 6.45) is 6.02. The van der Waals surface area contributed by atoms with Gasteiger partial charge in [0.2, 0.25) is 5.91 Å². The molecule has 1 amide bonds. The van der Waals surface area contributed by atoms with Crippen molar-refractivity contribution in [2.24, 2.45) is 0 Å². The number of aliphatic hydroxyl groups is 1. The zero-order chi connectivity index (χ0) is 15.1. The Morgan fingerprint density at radius 3 is 2.76 bits per heavy atom. The second kappa shape index (κ2) is 8.70. The van der Waals surface area contributed by atoms with E-state index >= 15 is 0 Å². The Bertz CT molecular complexity index is 461. The van der Waals surface area contributed by atoms with E-state index in [0.29, 0.717) is 19.1 Å². The molecular weight excluding hydrogens is 379 g/mol. The molecule has 0 aromatic heterocycles. The van der Waals surface area contributed by atoms with E-state index in [1.807, 2.05) is 24.3 Å². The lowest BCUT2D eigenvalue weighted by Gasteiger charge is -2.33. The van der Waals surface area contributed by atoms with Crippen LogP contribution in [-0.2, 0) is 4.79 Å². The molecule has 1 saturated carbocycles. The van der Waals surface area contributed by atoms with Crippen molar-refractivity contribution in [1.29, 1.82) is 0 Å². The van der Waals surface area contributed by atoms with Crippen molar-refractivity contribution < 1.29 is 9.90 Å². The average Bonchev–Trinajstić information content (AvgIpc) is 2.47. The van der Waals surface area contributed by atoms with Gasteiger partial charge >= 0.3 is 0 Å². The van der Waals surface area contributed by atoms with Crippen molar-refractivity contribution in [1.82, 2.24) is 4.90 Å². The number of aliphatic hydroxyl groups excluding tert-OH is 1. The van der Waals surface area contributed by atoms with Gasteiger partial charge in [0.25, 0.3) is 0 Å². The van der Waals surface area contributed by atoms with Crippen LogP contribution in [0.4, 0.5) is 5.69 Å². The van der Waals surface area contributed by atoms with Gasteiger partial charge in [-0.2, -0.15) is 0 Å². The van der Waals surface area contributed by atoms with Crippen LogP contribution in [0, 0.1) is 3.57 Å². The maximum atomic E-state index is 12.2. The Kier molecular flexibility index (Phi) is 6.92. The molecule has 5 heteroatoms. The van der Waals surface area contributed by atoms with Crippen LogP contribution in [0.2, 0.25) is 0 Å². The number of nitrogens with one attached hydrogen (secondary N) is 1. The fourth-order valence-corrected chi connectivity index (χ4v) is 3.46. The summed E-state index contributed by atoms with van der Waals surface area (Å²) >= 11 is 2.23. The van der Waals surface area contributed by atoms with E-state index in [1.165, 1.54) is 19.3 Å². The first-order valence-electron chi connectivity index (χ1n) is 7.59. The lowest BCUT2D eigenvalue weighted by Crippen LogP contribution is -2.43. The van der Waals surface area contributed by atoms with Crippen molar-refractivity contribution >= 4 is 34.2 Å². The Morgan fingerprint density at radius 1 is 1.33 bits per heavy atom. The number of hydrogen-bond donors (Lipinski definition) is 2. The van der Waals surface area contributed by atoms with Crippen molar-refractivity contribution in [2.45, 2.75) is 38.1 Å². The standard InChI is InChI=1S/C16H23IN2O2/c17-13-5-4-6-14(11-13)18-16(21)12-19(9-10-20)15-7-2-1-3-8-15/h4-6,11,15,20H,1-3,7-10,12H2,(H,18,21). The van der Waals surface area contributed by atoms with Crippen LogP contribution in [-0.4, -0.2) is 41.7 Å². The molecule has 1 fully saturated rings. The van der Waals surface area contributed by atoms with Crippen LogP contribution in [0.5, 0.6) is 0 Å². The fraction of sp³-hybridized carbons (Fsp3) is 0.562. The van der Waals surface area contributed by atoms with Crippen molar-refractivity contribution in [3.8, 4) is 0 Å². The SMILES string of the molecule is O=C(CN(CCO)C1CCCCC1)Nc1cccc(I)c1. The van der Waals surface area contributed by atoms with Gasteiger partial charge in [-0.05, 0) is 53.6 Å². The molecule has 4 nitrogen and oxygen atoms in total. The molecule has 0 unspecified atom stereocenters. The molecule has 116 valence electrons. The normalized spacial score (nSPS) is 16.1. The molecule has 1 aromatic carbocycles. The van der Waals surface area contributed by atoms with E-state index < -0.39 is 0 Å². The van der Waals surface area contributed by atoms with Crippen LogP contribution in [0.15, 0.2) is 24.3 Å². The van der Waals surface area contributed by atoms with E-state index in [0.717, 1.165) is 22.1 Å². The van der Waals surface area contributed by atoms with Crippen molar-refractivity contribution in [3.05, 3.63) is 27.8 Å². The summed E-state index contributed by atoms with van der Waals surface area (Å²) in [6, 6.07) is 8.22. The monoisotopic (exact) mass is 402 g/mol.